The third-order valence-corrected chi connectivity index (χ3v) is 3.96. The molecular formula is C23H24O8. The molecule has 0 bridgehead atoms. The van der Waals surface area contributed by atoms with Gasteiger partial charge in [-0.15, -0.1) is 0 Å². The zero-order valence-electron chi connectivity index (χ0n) is 17.2. The first-order valence-corrected chi connectivity index (χ1v) is 9.30. The highest BCUT2D eigenvalue weighted by Gasteiger charge is 2.10. The van der Waals surface area contributed by atoms with Crippen molar-refractivity contribution in [2.24, 2.45) is 0 Å². The van der Waals surface area contributed by atoms with Crippen molar-refractivity contribution in [3.63, 3.8) is 0 Å². The summed E-state index contributed by atoms with van der Waals surface area (Å²) in [7, 11) is 3.04. The highest BCUT2D eigenvalue weighted by Crippen LogP contribution is 2.27. The van der Waals surface area contributed by atoms with Gasteiger partial charge in [0.1, 0.15) is 25.1 Å². The van der Waals surface area contributed by atoms with E-state index in [9.17, 15) is 19.8 Å². The van der Waals surface area contributed by atoms with Crippen molar-refractivity contribution in [2.45, 2.75) is 6.10 Å². The van der Waals surface area contributed by atoms with E-state index in [0.29, 0.717) is 22.6 Å². The second-order valence-electron chi connectivity index (χ2n) is 6.29. The maximum absolute atomic E-state index is 11.8. The molecule has 0 amide bonds. The van der Waals surface area contributed by atoms with E-state index in [0.717, 1.165) is 0 Å². The Kier molecular flexibility index (Phi) is 9.13. The molecule has 1 atom stereocenters. The number of esters is 2. The molecule has 8 heteroatoms. The van der Waals surface area contributed by atoms with E-state index >= 15 is 0 Å². The van der Waals surface area contributed by atoms with Gasteiger partial charge in [0.15, 0.2) is 11.5 Å². The molecule has 2 aromatic carbocycles. The van der Waals surface area contributed by atoms with Crippen molar-refractivity contribution >= 4 is 24.1 Å². The van der Waals surface area contributed by atoms with Gasteiger partial charge < -0.3 is 29.2 Å². The summed E-state index contributed by atoms with van der Waals surface area (Å²) in [4.78, 5) is 23.5. The van der Waals surface area contributed by atoms with Crippen molar-refractivity contribution in [3.05, 3.63) is 65.7 Å². The van der Waals surface area contributed by atoms with Crippen LogP contribution in [0.3, 0.4) is 0 Å². The minimum absolute atomic E-state index is 0.121. The summed E-state index contributed by atoms with van der Waals surface area (Å²) < 4.78 is 20.2. The quantitative estimate of drug-likeness (QED) is 0.439. The van der Waals surface area contributed by atoms with Crippen LogP contribution in [0.1, 0.15) is 11.1 Å². The second kappa shape index (κ2) is 12.0. The molecule has 0 heterocycles. The van der Waals surface area contributed by atoms with Crippen LogP contribution in [0.25, 0.3) is 12.2 Å². The van der Waals surface area contributed by atoms with Gasteiger partial charge in [-0.2, -0.15) is 0 Å². The highest BCUT2D eigenvalue weighted by molar-refractivity contribution is 5.87. The standard InChI is InChI=1S/C23H24O8/c1-28-20-10-5-17(13-21(20)29-2)7-12-23(27)31-15-19(25)14-30-22(26)11-6-16-3-8-18(24)9-4-16/h3-13,19,24-25H,14-15H2,1-2H3/t19-/m0/s1. The highest BCUT2D eigenvalue weighted by atomic mass is 16.6. The lowest BCUT2D eigenvalue weighted by molar-refractivity contribution is -0.146. The van der Waals surface area contributed by atoms with Gasteiger partial charge in [0.25, 0.3) is 0 Å². The summed E-state index contributed by atoms with van der Waals surface area (Å²) in [5.41, 5.74) is 1.40. The third kappa shape index (κ3) is 8.23. The first-order chi connectivity index (χ1) is 14.9. The van der Waals surface area contributed by atoms with Crippen LogP contribution in [0.5, 0.6) is 17.2 Å². The monoisotopic (exact) mass is 428 g/mol. The van der Waals surface area contributed by atoms with Crippen molar-refractivity contribution in [3.8, 4) is 17.2 Å². The smallest absolute Gasteiger partial charge is 0.330 e. The van der Waals surface area contributed by atoms with Gasteiger partial charge >= 0.3 is 11.9 Å². The first kappa shape index (κ1) is 23.5. The number of rotatable bonds is 10. The predicted molar refractivity (Wildman–Crippen MR) is 114 cm³/mol. The van der Waals surface area contributed by atoms with Gasteiger partial charge in [0, 0.05) is 12.2 Å². The van der Waals surface area contributed by atoms with Gasteiger partial charge in [-0.1, -0.05) is 18.2 Å². The van der Waals surface area contributed by atoms with Crippen LogP contribution in [-0.2, 0) is 19.1 Å². The Morgan fingerprint density at radius 3 is 1.90 bits per heavy atom. The van der Waals surface area contributed by atoms with Crippen molar-refractivity contribution in [1.82, 2.24) is 0 Å². The van der Waals surface area contributed by atoms with E-state index in [4.69, 9.17) is 18.9 Å². The summed E-state index contributed by atoms with van der Waals surface area (Å²) in [6, 6.07) is 11.4. The number of ether oxygens (including phenoxy) is 4. The molecule has 2 rings (SSSR count). The van der Waals surface area contributed by atoms with Crippen molar-refractivity contribution < 1.29 is 38.7 Å². The molecule has 8 nitrogen and oxygen atoms in total. The molecule has 0 spiro atoms. The molecule has 0 aliphatic rings. The number of carbonyl (C=O) groups excluding carboxylic acids is 2. The number of phenols is 1. The van der Waals surface area contributed by atoms with Crippen LogP contribution in [-0.4, -0.2) is 55.7 Å². The van der Waals surface area contributed by atoms with Crippen LogP contribution in [0, 0.1) is 0 Å². The van der Waals surface area contributed by atoms with Crippen molar-refractivity contribution in [1.29, 1.82) is 0 Å². The average Bonchev–Trinajstić information content (AvgIpc) is 2.79. The Labute approximate surface area is 179 Å². The summed E-state index contributed by atoms with van der Waals surface area (Å²) >= 11 is 0. The molecule has 2 N–H and O–H groups in total. The molecule has 164 valence electrons. The summed E-state index contributed by atoms with van der Waals surface area (Å²) in [6.07, 6.45) is 4.28. The van der Waals surface area contributed by atoms with Gasteiger partial charge in [-0.25, -0.2) is 9.59 Å². The maximum Gasteiger partial charge on any atom is 0.330 e. The van der Waals surface area contributed by atoms with Crippen LogP contribution in [0.2, 0.25) is 0 Å². The molecule has 0 aliphatic carbocycles. The second-order valence-corrected chi connectivity index (χ2v) is 6.29. The molecule has 0 aliphatic heterocycles. The van der Waals surface area contributed by atoms with E-state index in [-0.39, 0.29) is 19.0 Å². The SMILES string of the molecule is COc1ccc(C=CC(=O)OC[C@@H](O)COC(=O)C=Cc2ccc(O)cc2)cc1OC. The van der Waals surface area contributed by atoms with E-state index in [1.165, 1.54) is 50.7 Å². The van der Waals surface area contributed by atoms with Crippen molar-refractivity contribution in [2.75, 3.05) is 27.4 Å². The zero-order chi connectivity index (χ0) is 22.6. The number of aromatic hydroxyl groups is 1. The number of carbonyl (C=O) groups is 2. The fourth-order valence-electron chi connectivity index (χ4n) is 2.37. The molecule has 0 unspecified atom stereocenters. The largest absolute Gasteiger partial charge is 0.508 e. The molecule has 2 aromatic rings. The lowest BCUT2D eigenvalue weighted by Crippen LogP contribution is -2.24. The fourth-order valence-corrected chi connectivity index (χ4v) is 2.37. The molecule has 31 heavy (non-hydrogen) atoms. The molecule has 0 fully saturated rings. The Hall–Kier alpha value is -3.78. The van der Waals surface area contributed by atoms with E-state index in [2.05, 4.69) is 0 Å². The minimum atomic E-state index is -1.16. The Morgan fingerprint density at radius 2 is 1.35 bits per heavy atom. The molecule has 0 radical (unpaired) electrons. The lowest BCUT2D eigenvalue weighted by atomic mass is 10.2. The molecular weight excluding hydrogens is 404 g/mol. The number of benzene rings is 2. The Balaban J connectivity index is 1.73. The summed E-state index contributed by atoms with van der Waals surface area (Å²) in [6.45, 7) is -0.657. The topological polar surface area (TPSA) is 112 Å². The fraction of sp³-hybridized carbons (Fsp3) is 0.217. The van der Waals surface area contributed by atoms with E-state index in [1.54, 1.807) is 30.3 Å². The third-order valence-electron chi connectivity index (χ3n) is 3.96. The Morgan fingerprint density at radius 1 is 0.839 bits per heavy atom. The molecule has 0 aromatic heterocycles. The first-order valence-electron chi connectivity index (χ1n) is 9.30. The van der Waals surface area contributed by atoms with Crippen LogP contribution in [0.4, 0.5) is 0 Å². The minimum Gasteiger partial charge on any atom is -0.508 e. The van der Waals surface area contributed by atoms with E-state index in [1.807, 2.05) is 0 Å². The van der Waals surface area contributed by atoms with Gasteiger partial charge in [0.05, 0.1) is 14.2 Å². The number of aliphatic hydroxyl groups is 1. The van der Waals surface area contributed by atoms with Gasteiger partial charge in [-0.05, 0) is 47.5 Å². The number of hydrogen-bond donors (Lipinski definition) is 2. The number of aliphatic hydroxyl groups excluding tert-OH is 1. The van der Waals surface area contributed by atoms with Gasteiger partial charge in [0.2, 0.25) is 0 Å². The predicted octanol–water partition coefficient (Wildman–Crippen LogP) is 2.58. The summed E-state index contributed by atoms with van der Waals surface area (Å²) in [5, 5.41) is 19.0. The maximum atomic E-state index is 11.8. The van der Waals surface area contributed by atoms with Crippen LogP contribution in [0.15, 0.2) is 54.6 Å². The normalized spacial score (nSPS) is 12.0. The lowest BCUT2D eigenvalue weighted by Gasteiger charge is -2.10. The molecule has 0 saturated carbocycles. The van der Waals surface area contributed by atoms with E-state index < -0.39 is 18.0 Å². The number of methoxy groups -OCH3 is 2. The number of hydrogen-bond acceptors (Lipinski definition) is 8. The average molecular weight is 428 g/mol. The van der Waals surface area contributed by atoms with Gasteiger partial charge in [-0.3, -0.25) is 0 Å². The molecule has 0 saturated heterocycles. The van der Waals surface area contributed by atoms with Crippen LogP contribution >= 0.6 is 0 Å². The van der Waals surface area contributed by atoms with Crippen LogP contribution < -0.4 is 9.47 Å². The Bertz CT molecular complexity index is 931. The zero-order valence-corrected chi connectivity index (χ0v) is 17.2. The summed E-state index contributed by atoms with van der Waals surface area (Å²) in [5.74, 6) is -0.109. The number of phenolic OH excluding ortho intramolecular Hbond substituents is 1.